The first-order chi connectivity index (χ1) is 18.7. The zero-order valence-corrected chi connectivity index (χ0v) is 27.9. The van der Waals surface area contributed by atoms with Gasteiger partial charge in [-0.05, 0) is 11.6 Å². The molecule has 0 aromatic rings. The van der Waals surface area contributed by atoms with E-state index in [0.29, 0.717) is 15.5 Å². The molecule has 10 unspecified atom stereocenters. The molecule has 0 spiro atoms. The van der Waals surface area contributed by atoms with Gasteiger partial charge in [0.25, 0.3) is 5.24 Å². The summed E-state index contributed by atoms with van der Waals surface area (Å²) < 4.78 is 26.7. The average Bonchev–Trinajstić information content (AvgIpc) is 2.84. The number of esters is 1. The molecule has 2 saturated heterocycles. The molecule has 252 valence electrons. The van der Waals surface area contributed by atoms with Crippen molar-refractivity contribution < 1.29 is 80.2 Å². The molecular weight excluding hydrogens is 603 g/mol. The summed E-state index contributed by atoms with van der Waals surface area (Å²) in [6.07, 6.45) is -6.81. The fraction of sp³-hybridized carbons (Fsp3) is 0.923. The maximum absolute atomic E-state index is 11.7. The molecule has 0 saturated carbocycles. The van der Waals surface area contributed by atoms with E-state index in [-0.39, 0.29) is 55.2 Å². The number of aliphatic hydroxyl groups excluding tert-OH is 5. The summed E-state index contributed by atoms with van der Waals surface area (Å²) in [5, 5.41) is 47.3. The third kappa shape index (κ3) is 15.8. The van der Waals surface area contributed by atoms with Crippen molar-refractivity contribution in [3.05, 3.63) is 0 Å². The largest absolute Gasteiger partial charge is 1.00 e. The van der Waals surface area contributed by atoms with Gasteiger partial charge >= 0.3 is 5.97 Å². The molecule has 0 amide bonds. The lowest BCUT2D eigenvalue weighted by atomic mass is 9.91. The van der Waals surface area contributed by atoms with Crippen LogP contribution in [0.1, 0.15) is 13.8 Å². The number of ether oxygens (including phenoxy) is 5. The minimum Gasteiger partial charge on any atom is -1.00 e. The van der Waals surface area contributed by atoms with Gasteiger partial charge in [0.2, 0.25) is 0 Å². The zero-order valence-electron chi connectivity index (χ0n) is 26.3. The molecule has 2 rings (SSSR count). The Bertz CT molecular complexity index is 761. The third-order valence-corrected chi connectivity index (χ3v) is 6.50. The summed E-state index contributed by atoms with van der Waals surface area (Å²) in [6.45, 7) is 3.93. The molecule has 0 bridgehead atoms. The van der Waals surface area contributed by atoms with Gasteiger partial charge in [-0.2, -0.15) is 0 Å². The molecule has 42 heavy (non-hydrogen) atoms. The topological polar surface area (TPSA) is 181 Å². The second kappa shape index (κ2) is 19.6. The highest BCUT2D eigenvalue weighted by molar-refractivity contribution is 6.63. The van der Waals surface area contributed by atoms with Gasteiger partial charge in [-0.25, -0.2) is 4.79 Å². The van der Waals surface area contributed by atoms with E-state index in [4.69, 9.17) is 40.4 Å². The van der Waals surface area contributed by atoms with Crippen molar-refractivity contribution in [1.29, 1.82) is 0 Å². The minimum absolute atomic E-state index is 0. The number of carbonyl (C=O) groups excluding carboxylic acids is 2. The van der Waals surface area contributed by atoms with Crippen LogP contribution in [0.15, 0.2) is 0 Å². The minimum atomic E-state index is -1.10. The van der Waals surface area contributed by atoms with Gasteiger partial charge < -0.3 is 70.6 Å². The van der Waals surface area contributed by atoms with E-state index >= 15 is 0 Å². The lowest BCUT2D eigenvalue weighted by Crippen LogP contribution is -3.00. The Morgan fingerprint density at radius 2 is 1.12 bits per heavy atom. The second-order valence-electron chi connectivity index (χ2n) is 12.4. The third-order valence-electron chi connectivity index (χ3n) is 6.38. The SMILES string of the molecule is COC1OC(CO)C(C)C(O)C1O.COC1OC(COC(=O)C[N+](C)(C)C)C(C)C(O)C1O.C[N+](C)(C)CC(=O)Cl.[Cl-]. The molecule has 2 heterocycles. The smallest absolute Gasteiger partial charge is 0.361 e. The molecule has 0 aromatic heterocycles. The summed E-state index contributed by atoms with van der Waals surface area (Å²) in [5.74, 6) is -0.984. The number of carbonyl (C=O) groups is 2. The van der Waals surface area contributed by atoms with Crippen molar-refractivity contribution in [2.24, 2.45) is 11.8 Å². The molecule has 5 N–H and O–H groups in total. The normalized spacial score (nSPS) is 33.1. The lowest BCUT2D eigenvalue weighted by molar-refractivity contribution is -0.862. The van der Waals surface area contributed by atoms with Gasteiger partial charge in [0.05, 0.1) is 73.3 Å². The predicted octanol–water partition coefficient (Wildman–Crippen LogP) is -4.87. The number of likely N-dealkylation sites (N-methyl/N-ethyl adjacent to an activating group) is 2. The Labute approximate surface area is 260 Å². The number of halogens is 2. The van der Waals surface area contributed by atoms with Crippen LogP contribution in [-0.2, 0) is 33.3 Å². The molecule has 0 aliphatic carbocycles. The van der Waals surface area contributed by atoms with Gasteiger partial charge in [-0.1, -0.05) is 13.8 Å². The van der Waals surface area contributed by atoms with Crippen LogP contribution in [0.5, 0.6) is 0 Å². The van der Waals surface area contributed by atoms with Crippen molar-refractivity contribution in [2.45, 2.75) is 63.1 Å². The van der Waals surface area contributed by atoms with Gasteiger partial charge in [-0.3, -0.25) is 4.79 Å². The molecule has 0 aromatic carbocycles. The number of quaternary nitrogens is 2. The van der Waals surface area contributed by atoms with E-state index in [9.17, 15) is 30.0 Å². The van der Waals surface area contributed by atoms with Crippen LogP contribution in [0.2, 0.25) is 0 Å². The first kappa shape index (κ1) is 43.4. The number of rotatable bonds is 9. The molecular formula is C26H53Cl2N2O12+. The average molecular weight is 657 g/mol. The van der Waals surface area contributed by atoms with Gasteiger partial charge in [0.15, 0.2) is 25.7 Å². The highest BCUT2D eigenvalue weighted by atomic mass is 35.5. The van der Waals surface area contributed by atoms with Crippen molar-refractivity contribution >= 4 is 22.8 Å². The highest BCUT2D eigenvalue weighted by Crippen LogP contribution is 2.27. The van der Waals surface area contributed by atoms with E-state index in [1.54, 1.807) is 13.8 Å². The van der Waals surface area contributed by atoms with Gasteiger partial charge in [-0.15, -0.1) is 0 Å². The lowest BCUT2D eigenvalue weighted by Gasteiger charge is -2.40. The van der Waals surface area contributed by atoms with Crippen molar-refractivity contribution in [3.8, 4) is 0 Å². The van der Waals surface area contributed by atoms with Crippen LogP contribution in [0.4, 0.5) is 0 Å². The molecule has 10 atom stereocenters. The molecule has 14 nitrogen and oxygen atoms in total. The summed E-state index contributed by atoms with van der Waals surface area (Å²) >= 11 is 5.11. The fourth-order valence-corrected chi connectivity index (χ4v) is 4.27. The van der Waals surface area contributed by atoms with Crippen molar-refractivity contribution in [2.75, 3.05) is 82.8 Å². The summed E-state index contributed by atoms with van der Waals surface area (Å²) in [4.78, 5) is 21.9. The monoisotopic (exact) mass is 655 g/mol. The maximum Gasteiger partial charge on any atom is 0.361 e. The number of aliphatic hydroxyl groups is 5. The number of hydrogen-bond acceptors (Lipinski definition) is 12. The van der Waals surface area contributed by atoms with Crippen molar-refractivity contribution in [1.82, 2.24) is 0 Å². The van der Waals surface area contributed by atoms with Gasteiger partial charge in [0, 0.05) is 26.1 Å². The van der Waals surface area contributed by atoms with Crippen LogP contribution in [-0.4, -0.2) is 178 Å². The number of methoxy groups -OCH3 is 2. The standard InChI is InChI=1S/C13H26NO6.C8H16O5.C5H11ClNO.ClH/c1-8-9(7-19-10(15)6-14(2,3)4)20-13(18-5)12(17)11(8)16;1-4-5(3-9)13-8(12-2)7(11)6(4)10;1-7(2,3)4-5(6)8;/h8-9,11-13,16-17H,6-7H2,1-5H3;4-11H,3H2,1-2H3;4H2,1-3H3;1H/q+1;;+1;/p-1. The highest BCUT2D eigenvalue weighted by Gasteiger charge is 2.43. The summed E-state index contributed by atoms with van der Waals surface area (Å²) in [7, 11) is 14.2. The van der Waals surface area contributed by atoms with Crippen LogP contribution < -0.4 is 12.4 Å². The summed E-state index contributed by atoms with van der Waals surface area (Å²) in [5.41, 5.74) is 0. The Hall–Kier alpha value is -0.720. The Morgan fingerprint density at radius 1 is 0.738 bits per heavy atom. The molecule has 16 heteroatoms. The van der Waals surface area contributed by atoms with E-state index in [2.05, 4.69) is 0 Å². The van der Waals surface area contributed by atoms with Crippen LogP contribution in [0.25, 0.3) is 0 Å². The predicted molar refractivity (Wildman–Crippen MR) is 148 cm³/mol. The van der Waals surface area contributed by atoms with E-state index < -0.39 is 49.2 Å². The van der Waals surface area contributed by atoms with E-state index in [1.165, 1.54) is 14.2 Å². The molecule has 2 fully saturated rings. The van der Waals surface area contributed by atoms with E-state index in [0.717, 1.165) is 0 Å². The number of hydrogen-bond donors (Lipinski definition) is 5. The molecule has 2 aliphatic heterocycles. The zero-order chi connectivity index (χ0) is 32.3. The molecule has 0 radical (unpaired) electrons. The number of nitrogens with zero attached hydrogens (tertiary/aromatic N) is 2. The second-order valence-corrected chi connectivity index (χ2v) is 12.8. The first-order valence-corrected chi connectivity index (χ1v) is 13.7. The van der Waals surface area contributed by atoms with Crippen LogP contribution >= 0.6 is 11.6 Å². The van der Waals surface area contributed by atoms with Gasteiger partial charge in [0.1, 0.15) is 18.8 Å². The maximum atomic E-state index is 11.7. The molecule has 2 aliphatic rings. The van der Waals surface area contributed by atoms with Crippen LogP contribution in [0, 0.1) is 11.8 Å². The van der Waals surface area contributed by atoms with E-state index in [1.807, 2.05) is 42.3 Å². The quantitative estimate of drug-likeness (QED) is 0.0909. The Morgan fingerprint density at radius 3 is 1.43 bits per heavy atom. The Kier molecular flexibility index (Phi) is 20.3. The Balaban J connectivity index is 0. The van der Waals surface area contributed by atoms with Crippen molar-refractivity contribution in [3.63, 3.8) is 0 Å². The first-order valence-electron chi connectivity index (χ1n) is 13.3. The fourth-order valence-electron chi connectivity index (χ4n) is 3.91. The summed E-state index contributed by atoms with van der Waals surface area (Å²) in [6, 6.07) is 0. The van der Waals surface area contributed by atoms with Crippen LogP contribution in [0.3, 0.4) is 0 Å².